The number of hydrogen-bond acceptors (Lipinski definition) is 3. The highest BCUT2D eigenvalue weighted by Gasteiger charge is 2.38. The van der Waals surface area contributed by atoms with Crippen molar-refractivity contribution in [1.82, 2.24) is 4.90 Å². The molecule has 1 aliphatic rings. The fourth-order valence-electron chi connectivity index (χ4n) is 2.80. The first kappa shape index (κ1) is 17.3. The van der Waals surface area contributed by atoms with Gasteiger partial charge in [-0.1, -0.05) is 28.1 Å². The number of carbonyl (C=O) groups excluding carboxylic acids is 1. The number of benzene rings is 1. The highest BCUT2D eigenvalue weighted by Crippen LogP contribution is 2.36. The predicted octanol–water partition coefficient (Wildman–Crippen LogP) is 3.71. The van der Waals surface area contributed by atoms with Crippen LogP contribution in [0.5, 0.6) is 0 Å². The number of halogens is 1. The van der Waals surface area contributed by atoms with Crippen LogP contribution < -0.4 is 0 Å². The second-order valence-electron chi connectivity index (χ2n) is 6.92. The normalized spacial score (nSPS) is 18.1. The summed E-state index contributed by atoms with van der Waals surface area (Å²) in [6.45, 7) is 6.90. The number of amides is 1. The zero-order valence-corrected chi connectivity index (χ0v) is 15.0. The van der Waals surface area contributed by atoms with Crippen LogP contribution in [0.2, 0.25) is 0 Å². The molecule has 0 saturated carbocycles. The molecular weight excluding hydrogens is 346 g/mol. The molecule has 0 aliphatic carbocycles. The van der Waals surface area contributed by atoms with Crippen molar-refractivity contribution in [2.24, 2.45) is 0 Å². The molecule has 22 heavy (non-hydrogen) atoms. The second-order valence-corrected chi connectivity index (χ2v) is 7.83. The van der Waals surface area contributed by atoms with Crippen molar-refractivity contribution in [3.05, 3.63) is 34.3 Å². The maximum absolute atomic E-state index is 12.1. The lowest BCUT2D eigenvalue weighted by Gasteiger charge is -2.41. The van der Waals surface area contributed by atoms with Gasteiger partial charge in [-0.25, -0.2) is 4.79 Å². The van der Waals surface area contributed by atoms with E-state index in [1.807, 2.05) is 39.0 Å². The van der Waals surface area contributed by atoms with Crippen molar-refractivity contribution in [3.63, 3.8) is 0 Å². The molecule has 1 fully saturated rings. The third-order valence-corrected chi connectivity index (χ3v) is 4.61. The Labute approximate surface area is 140 Å². The van der Waals surface area contributed by atoms with Gasteiger partial charge in [-0.05, 0) is 51.3 Å². The molecule has 4 nitrogen and oxygen atoms in total. The van der Waals surface area contributed by atoms with Crippen molar-refractivity contribution in [2.45, 2.75) is 44.6 Å². The van der Waals surface area contributed by atoms with Gasteiger partial charge in [0, 0.05) is 23.0 Å². The molecule has 1 aliphatic heterocycles. The topological polar surface area (TPSA) is 49.8 Å². The predicted molar refractivity (Wildman–Crippen MR) is 89.9 cm³/mol. The number of hydrogen-bond donors (Lipinski definition) is 1. The average Bonchev–Trinajstić information content (AvgIpc) is 2.45. The van der Waals surface area contributed by atoms with Gasteiger partial charge in [0.1, 0.15) is 5.60 Å². The van der Waals surface area contributed by atoms with Crippen LogP contribution in [-0.4, -0.2) is 41.4 Å². The summed E-state index contributed by atoms with van der Waals surface area (Å²) in [5.41, 5.74) is 0.364. The fraction of sp³-hybridized carbons (Fsp3) is 0.588. The molecule has 1 aromatic carbocycles. The summed E-state index contributed by atoms with van der Waals surface area (Å²) in [5, 5.41) is 9.95. The Hall–Kier alpha value is -1.07. The largest absolute Gasteiger partial charge is 0.444 e. The molecule has 1 amide bonds. The number of aliphatic hydroxyl groups excluding tert-OH is 1. The summed E-state index contributed by atoms with van der Waals surface area (Å²) < 4.78 is 6.43. The Morgan fingerprint density at radius 1 is 1.36 bits per heavy atom. The number of ether oxygens (including phenoxy) is 1. The van der Waals surface area contributed by atoms with Crippen molar-refractivity contribution >= 4 is 22.0 Å². The minimum absolute atomic E-state index is 0.0889. The van der Waals surface area contributed by atoms with E-state index in [1.54, 1.807) is 4.90 Å². The van der Waals surface area contributed by atoms with E-state index in [9.17, 15) is 9.90 Å². The standard InChI is InChI=1S/C17H24BrNO3/c1-16(2,3)22-15(21)19-9-7-17(12-20,8-10-19)13-5-4-6-14(18)11-13/h4-6,11,20H,7-10,12H2,1-3H3. The third kappa shape index (κ3) is 4.02. The van der Waals surface area contributed by atoms with E-state index < -0.39 is 5.60 Å². The van der Waals surface area contributed by atoms with Crippen LogP contribution in [0, 0.1) is 0 Å². The minimum atomic E-state index is -0.479. The van der Waals surface area contributed by atoms with Crippen molar-refractivity contribution in [1.29, 1.82) is 0 Å². The average molecular weight is 370 g/mol. The summed E-state index contributed by atoms with van der Waals surface area (Å²) in [6, 6.07) is 8.06. The summed E-state index contributed by atoms with van der Waals surface area (Å²) in [5.74, 6) is 0. The lowest BCUT2D eigenvalue weighted by atomic mass is 9.73. The van der Waals surface area contributed by atoms with Gasteiger partial charge in [-0.2, -0.15) is 0 Å². The van der Waals surface area contributed by atoms with Crippen LogP contribution >= 0.6 is 15.9 Å². The van der Waals surface area contributed by atoms with Crippen molar-refractivity contribution in [2.75, 3.05) is 19.7 Å². The monoisotopic (exact) mass is 369 g/mol. The number of carbonyl (C=O) groups is 1. The molecule has 0 spiro atoms. The molecule has 0 radical (unpaired) electrons. The number of nitrogens with zero attached hydrogens (tertiary/aromatic N) is 1. The van der Waals surface area contributed by atoms with Gasteiger partial charge < -0.3 is 14.7 Å². The van der Waals surface area contributed by atoms with Crippen LogP contribution in [0.1, 0.15) is 39.2 Å². The molecule has 0 unspecified atom stereocenters. The fourth-order valence-corrected chi connectivity index (χ4v) is 3.20. The van der Waals surface area contributed by atoms with E-state index in [1.165, 1.54) is 0 Å². The van der Waals surface area contributed by atoms with Gasteiger partial charge >= 0.3 is 6.09 Å². The third-order valence-electron chi connectivity index (χ3n) is 4.11. The Kier molecular flexibility index (Phi) is 5.17. The lowest BCUT2D eigenvalue weighted by Crippen LogP contribution is -2.48. The molecule has 1 aromatic rings. The Bertz CT molecular complexity index is 531. The molecule has 1 saturated heterocycles. The summed E-state index contributed by atoms with van der Waals surface area (Å²) in [4.78, 5) is 13.9. The zero-order chi connectivity index (χ0) is 16.4. The van der Waals surface area contributed by atoms with Crippen LogP contribution in [0.4, 0.5) is 4.79 Å². The van der Waals surface area contributed by atoms with E-state index in [2.05, 4.69) is 22.0 Å². The minimum Gasteiger partial charge on any atom is -0.444 e. The molecule has 1 N–H and O–H groups in total. The molecule has 0 atom stereocenters. The van der Waals surface area contributed by atoms with Gasteiger partial charge in [0.15, 0.2) is 0 Å². The molecule has 122 valence electrons. The van der Waals surface area contributed by atoms with Crippen LogP contribution in [0.25, 0.3) is 0 Å². The quantitative estimate of drug-likeness (QED) is 0.864. The molecule has 0 bridgehead atoms. The molecule has 0 aromatic heterocycles. The van der Waals surface area contributed by atoms with Gasteiger partial charge in [-0.3, -0.25) is 0 Å². The summed E-state index contributed by atoms with van der Waals surface area (Å²) in [7, 11) is 0. The number of rotatable bonds is 2. The Morgan fingerprint density at radius 2 is 2.00 bits per heavy atom. The highest BCUT2D eigenvalue weighted by atomic mass is 79.9. The second kappa shape index (κ2) is 6.59. The highest BCUT2D eigenvalue weighted by molar-refractivity contribution is 9.10. The van der Waals surface area contributed by atoms with E-state index in [4.69, 9.17) is 4.74 Å². The number of likely N-dealkylation sites (tertiary alicyclic amines) is 1. The van der Waals surface area contributed by atoms with E-state index >= 15 is 0 Å². The zero-order valence-electron chi connectivity index (χ0n) is 13.4. The molecule has 5 heteroatoms. The number of piperidine rings is 1. The van der Waals surface area contributed by atoms with Gasteiger partial charge in [0.2, 0.25) is 0 Å². The van der Waals surface area contributed by atoms with Gasteiger partial charge in [-0.15, -0.1) is 0 Å². The van der Waals surface area contributed by atoms with Crippen molar-refractivity contribution < 1.29 is 14.6 Å². The Balaban J connectivity index is 2.07. The van der Waals surface area contributed by atoms with E-state index in [0.717, 1.165) is 22.9 Å². The molecule has 1 heterocycles. The first-order valence-corrected chi connectivity index (χ1v) is 8.40. The van der Waals surface area contributed by atoms with E-state index in [-0.39, 0.29) is 18.1 Å². The first-order valence-electron chi connectivity index (χ1n) is 7.61. The number of aliphatic hydroxyl groups is 1. The molecular formula is C17H24BrNO3. The van der Waals surface area contributed by atoms with Gasteiger partial charge in [0.05, 0.1) is 6.61 Å². The molecule has 2 rings (SSSR count). The lowest BCUT2D eigenvalue weighted by molar-refractivity contribution is 0.0123. The Morgan fingerprint density at radius 3 is 2.50 bits per heavy atom. The SMILES string of the molecule is CC(C)(C)OC(=O)N1CCC(CO)(c2cccc(Br)c2)CC1. The van der Waals surface area contributed by atoms with Crippen LogP contribution in [0.3, 0.4) is 0 Å². The first-order chi connectivity index (χ1) is 10.3. The van der Waals surface area contributed by atoms with Crippen molar-refractivity contribution in [3.8, 4) is 0 Å². The van der Waals surface area contributed by atoms with Crippen LogP contribution in [0.15, 0.2) is 28.7 Å². The maximum atomic E-state index is 12.1. The van der Waals surface area contributed by atoms with E-state index in [0.29, 0.717) is 13.1 Å². The summed E-state index contributed by atoms with van der Waals surface area (Å²) in [6.07, 6.45) is 1.20. The van der Waals surface area contributed by atoms with Crippen LogP contribution in [-0.2, 0) is 10.2 Å². The summed E-state index contributed by atoms with van der Waals surface area (Å²) >= 11 is 3.48. The van der Waals surface area contributed by atoms with Gasteiger partial charge in [0.25, 0.3) is 0 Å². The smallest absolute Gasteiger partial charge is 0.410 e. The maximum Gasteiger partial charge on any atom is 0.410 e.